The van der Waals surface area contributed by atoms with Gasteiger partial charge < -0.3 is 5.32 Å². The molecule has 0 saturated carbocycles. The van der Waals surface area contributed by atoms with Crippen LogP contribution in [0.15, 0.2) is 12.7 Å². The molecule has 1 saturated heterocycles. The van der Waals surface area contributed by atoms with Crippen LogP contribution >= 0.6 is 0 Å². The summed E-state index contributed by atoms with van der Waals surface area (Å²) in [4.78, 5) is 2.26. The Morgan fingerprint density at radius 2 is 2.06 bits per heavy atom. The first-order chi connectivity index (χ1) is 7.64. The standard InChI is InChI=1S/C10H21N3O2S/c1-2-3-10-16(14,15)12-6-9-13-7-4-11-5-8-13/h2,11-12H,1,3-10H2. The molecular weight excluding hydrogens is 226 g/mol. The van der Waals surface area contributed by atoms with Crippen molar-refractivity contribution < 1.29 is 8.42 Å². The van der Waals surface area contributed by atoms with E-state index < -0.39 is 10.0 Å². The van der Waals surface area contributed by atoms with Crippen molar-refractivity contribution in [1.29, 1.82) is 0 Å². The molecule has 1 fully saturated rings. The number of rotatable bonds is 7. The summed E-state index contributed by atoms with van der Waals surface area (Å²) < 4.78 is 25.5. The van der Waals surface area contributed by atoms with Crippen LogP contribution in [0.1, 0.15) is 6.42 Å². The minimum Gasteiger partial charge on any atom is -0.314 e. The van der Waals surface area contributed by atoms with Gasteiger partial charge in [-0.05, 0) is 6.42 Å². The molecule has 0 aromatic carbocycles. The van der Waals surface area contributed by atoms with E-state index in [0.717, 1.165) is 32.7 Å². The lowest BCUT2D eigenvalue weighted by atomic mass is 10.3. The lowest BCUT2D eigenvalue weighted by molar-refractivity contribution is 0.245. The highest BCUT2D eigenvalue weighted by molar-refractivity contribution is 7.89. The van der Waals surface area contributed by atoms with E-state index in [1.807, 2.05) is 0 Å². The Balaban J connectivity index is 2.15. The van der Waals surface area contributed by atoms with Gasteiger partial charge in [0.1, 0.15) is 0 Å². The fraction of sp³-hybridized carbons (Fsp3) is 0.800. The average molecular weight is 247 g/mol. The van der Waals surface area contributed by atoms with Crippen molar-refractivity contribution in [1.82, 2.24) is 14.9 Å². The lowest BCUT2D eigenvalue weighted by Crippen LogP contribution is -2.46. The largest absolute Gasteiger partial charge is 0.314 e. The minimum atomic E-state index is -3.11. The predicted molar refractivity (Wildman–Crippen MR) is 65.9 cm³/mol. The highest BCUT2D eigenvalue weighted by Crippen LogP contribution is 1.93. The van der Waals surface area contributed by atoms with Crippen molar-refractivity contribution in [2.45, 2.75) is 6.42 Å². The first-order valence-corrected chi connectivity index (χ1v) is 7.30. The maximum Gasteiger partial charge on any atom is 0.211 e. The van der Waals surface area contributed by atoms with Crippen molar-refractivity contribution in [2.24, 2.45) is 0 Å². The number of allylic oxidation sites excluding steroid dienone is 1. The van der Waals surface area contributed by atoms with E-state index in [9.17, 15) is 8.42 Å². The van der Waals surface area contributed by atoms with Gasteiger partial charge in [0, 0.05) is 39.3 Å². The highest BCUT2D eigenvalue weighted by atomic mass is 32.2. The second kappa shape index (κ2) is 7.01. The summed E-state index contributed by atoms with van der Waals surface area (Å²) in [6, 6.07) is 0. The van der Waals surface area contributed by atoms with Gasteiger partial charge in [-0.3, -0.25) is 4.90 Å². The highest BCUT2D eigenvalue weighted by Gasteiger charge is 2.11. The van der Waals surface area contributed by atoms with E-state index in [2.05, 4.69) is 21.5 Å². The van der Waals surface area contributed by atoms with E-state index in [-0.39, 0.29) is 5.75 Å². The van der Waals surface area contributed by atoms with Crippen LogP contribution in [-0.4, -0.2) is 58.3 Å². The normalized spacial score (nSPS) is 18.5. The SMILES string of the molecule is C=CCCS(=O)(=O)NCCN1CCNCC1. The molecule has 0 aromatic rings. The smallest absolute Gasteiger partial charge is 0.211 e. The summed E-state index contributed by atoms with van der Waals surface area (Å²) in [5.74, 6) is 0.137. The number of hydrogen-bond acceptors (Lipinski definition) is 4. The summed E-state index contributed by atoms with van der Waals surface area (Å²) in [5, 5.41) is 3.26. The quantitative estimate of drug-likeness (QED) is 0.589. The zero-order valence-electron chi connectivity index (χ0n) is 9.61. The first kappa shape index (κ1) is 13.6. The van der Waals surface area contributed by atoms with E-state index in [4.69, 9.17) is 0 Å². The van der Waals surface area contributed by atoms with Gasteiger partial charge in [0.2, 0.25) is 10.0 Å². The molecule has 2 N–H and O–H groups in total. The van der Waals surface area contributed by atoms with Gasteiger partial charge in [-0.15, -0.1) is 6.58 Å². The van der Waals surface area contributed by atoms with E-state index >= 15 is 0 Å². The Kier molecular flexibility index (Phi) is 5.97. The molecule has 0 aliphatic carbocycles. The Morgan fingerprint density at radius 1 is 1.38 bits per heavy atom. The summed E-state index contributed by atoms with van der Waals surface area (Å²) in [6.45, 7) is 8.76. The van der Waals surface area contributed by atoms with Crippen LogP contribution in [0.25, 0.3) is 0 Å². The van der Waals surface area contributed by atoms with Crippen molar-refractivity contribution >= 4 is 10.0 Å². The maximum absolute atomic E-state index is 11.4. The monoisotopic (exact) mass is 247 g/mol. The number of sulfonamides is 1. The second-order valence-electron chi connectivity index (χ2n) is 3.88. The molecule has 0 aromatic heterocycles. The number of piperazine rings is 1. The molecule has 1 rings (SSSR count). The Bertz CT molecular complexity index is 297. The third kappa shape index (κ3) is 5.60. The molecule has 0 atom stereocenters. The number of nitrogens with zero attached hydrogens (tertiary/aromatic N) is 1. The molecule has 1 aliphatic heterocycles. The first-order valence-electron chi connectivity index (χ1n) is 5.65. The van der Waals surface area contributed by atoms with Gasteiger partial charge >= 0.3 is 0 Å². The Morgan fingerprint density at radius 3 is 2.69 bits per heavy atom. The number of hydrogen-bond donors (Lipinski definition) is 2. The Hall–Kier alpha value is -0.430. The molecule has 94 valence electrons. The van der Waals surface area contributed by atoms with Gasteiger partial charge in [0.15, 0.2) is 0 Å². The van der Waals surface area contributed by atoms with E-state index in [1.54, 1.807) is 6.08 Å². The van der Waals surface area contributed by atoms with Crippen LogP contribution in [0.2, 0.25) is 0 Å². The van der Waals surface area contributed by atoms with Gasteiger partial charge in [-0.1, -0.05) is 6.08 Å². The van der Waals surface area contributed by atoms with Crippen LogP contribution in [0.3, 0.4) is 0 Å². The summed E-state index contributed by atoms with van der Waals surface area (Å²) in [5.41, 5.74) is 0. The van der Waals surface area contributed by atoms with E-state index in [1.165, 1.54) is 0 Å². The van der Waals surface area contributed by atoms with Crippen molar-refractivity contribution in [2.75, 3.05) is 45.0 Å². The van der Waals surface area contributed by atoms with Crippen LogP contribution < -0.4 is 10.0 Å². The van der Waals surface area contributed by atoms with E-state index in [0.29, 0.717) is 13.0 Å². The topological polar surface area (TPSA) is 61.4 Å². The maximum atomic E-state index is 11.4. The van der Waals surface area contributed by atoms with Crippen LogP contribution in [0.4, 0.5) is 0 Å². The molecular formula is C10H21N3O2S. The molecule has 0 bridgehead atoms. The van der Waals surface area contributed by atoms with Gasteiger partial charge in [0.25, 0.3) is 0 Å². The summed E-state index contributed by atoms with van der Waals surface area (Å²) in [6.07, 6.45) is 2.12. The van der Waals surface area contributed by atoms with Crippen LogP contribution in [-0.2, 0) is 10.0 Å². The molecule has 0 radical (unpaired) electrons. The predicted octanol–water partition coefficient (Wildman–Crippen LogP) is -0.613. The van der Waals surface area contributed by atoms with Crippen LogP contribution in [0, 0.1) is 0 Å². The minimum absolute atomic E-state index is 0.137. The molecule has 1 heterocycles. The third-order valence-electron chi connectivity index (χ3n) is 2.55. The van der Waals surface area contributed by atoms with Gasteiger partial charge in [-0.2, -0.15) is 0 Å². The lowest BCUT2D eigenvalue weighted by Gasteiger charge is -2.27. The van der Waals surface area contributed by atoms with Crippen molar-refractivity contribution in [3.63, 3.8) is 0 Å². The zero-order chi connectivity index (χ0) is 11.9. The average Bonchev–Trinajstić information content (AvgIpc) is 2.28. The second-order valence-corrected chi connectivity index (χ2v) is 5.81. The fourth-order valence-corrected chi connectivity index (χ4v) is 2.63. The van der Waals surface area contributed by atoms with Crippen LogP contribution in [0.5, 0.6) is 0 Å². The molecule has 5 nitrogen and oxygen atoms in total. The molecule has 6 heteroatoms. The van der Waals surface area contributed by atoms with Gasteiger partial charge in [-0.25, -0.2) is 13.1 Å². The summed E-state index contributed by atoms with van der Waals surface area (Å²) in [7, 11) is -3.11. The van der Waals surface area contributed by atoms with Gasteiger partial charge in [0.05, 0.1) is 5.75 Å². The zero-order valence-corrected chi connectivity index (χ0v) is 10.4. The third-order valence-corrected chi connectivity index (χ3v) is 3.97. The van der Waals surface area contributed by atoms with Crippen molar-refractivity contribution in [3.8, 4) is 0 Å². The Labute approximate surface area is 97.9 Å². The molecule has 0 unspecified atom stereocenters. The molecule has 0 spiro atoms. The molecule has 1 aliphatic rings. The number of nitrogens with one attached hydrogen (secondary N) is 2. The fourth-order valence-electron chi connectivity index (χ4n) is 1.60. The van der Waals surface area contributed by atoms with Crippen molar-refractivity contribution in [3.05, 3.63) is 12.7 Å². The summed E-state index contributed by atoms with van der Waals surface area (Å²) >= 11 is 0. The molecule has 0 amide bonds. The molecule has 16 heavy (non-hydrogen) atoms.